The molecule has 0 aliphatic carbocycles. The maximum atomic E-state index is 11.4. The number of carbonyl (C=O) groups is 1. The Morgan fingerprint density at radius 1 is 1.53 bits per heavy atom. The summed E-state index contributed by atoms with van der Waals surface area (Å²) in [6.45, 7) is 5.18. The van der Waals surface area contributed by atoms with Crippen LogP contribution in [-0.2, 0) is 0 Å². The molecule has 0 radical (unpaired) electrons. The molecule has 1 aliphatic rings. The van der Waals surface area contributed by atoms with Crippen LogP contribution < -0.4 is 16.4 Å². The molecule has 1 fully saturated rings. The number of carbonyl (C=O) groups excluding carboxylic acids is 1. The number of anilines is 2. The van der Waals surface area contributed by atoms with E-state index in [0.29, 0.717) is 17.1 Å². The first-order valence-corrected chi connectivity index (χ1v) is 5.75. The molecule has 5 nitrogen and oxygen atoms in total. The van der Waals surface area contributed by atoms with Gasteiger partial charge in [-0.1, -0.05) is 0 Å². The highest BCUT2D eigenvalue weighted by molar-refractivity contribution is 5.98. The third kappa shape index (κ3) is 2.05. The molecule has 1 aromatic heterocycles. The quantitative estimate of drug-likeness (QED) is 0.803. The van der Waals surface area contributed by atoms with Crippen LogP contribution in [0.2, 0.25) is 0 Å². The van der Waals surface area contributed by atoms with Crippen molar-refractivity contribution in [3.05, 3.63) is 17.8 Å². The van der Waals surface area contributed by atoms with E-state index in [0.717, 1.165) is 19.4 Å². The molecule has 0 bridgehead atoms. The molecule has 4 N–H and O–H groups in total. The summed E-state index contributed by atoms with van der Waals surface area (Å²) in [5.41, 5.74) is 11.9. The van der Waals surface area contributed by atoms with Gasteiger partial charge in [0, 0.05) is 12.1 Å². The average molecular weight is 234 g/mol. The Kier molecular flexibility index (Phi) is 2.69. The van der Waals surface area contributed by atoms with E-state index in [-0.39, 0.29) is 5.54 Å². The van der Waals surface area contributed by atoms with Crippen LogP contribution in [0.25, 0.3) is 0 Å². The molecule has 1 aliphatic heterocycles. The maximum absolute atomic E-state index is 11.4. The molecule has 2 heterocycles. The molecule has 1 amide bonds. The normalized spacial score (nSPS) is 18.4. The van der Waals surface area contributed by atoms with E-state index in [4.69, 9.17) is 11.5 Å². The van der Waals surface area contributed by atoms with Crippen LogP contribution in [0.3, 0.4) is 0 Å². The van der Waals surface area contributed by atoms with Crippen LogP contribution in [0.15, 0.2) is 12.3 Å². The Balaban J connectivity index is 2.48. The molecule has 1 aromatic rings. The number of amides is 1. The standard InChI is InChI=1S/C12H18N4O/c1-12(2)4-3-5-16(12)11-9(10(14)17)6-8(13)7-15-11/h6-7H,3-5,13H2,1-2H3,(H2,14,17). The van der Waals surface area contributed by atoms with Crippen molar-refractivity contribution < 1.29 is 4.79 Å². The molecule has 1 saturated heterocycles. The first-order valence-electron chi connectivity index (χ1n) is 5.75. The molecule has 0 aromatic carbocycles. The fraction of sp³-hybridized carbons (Fsp3) is 0.500. The van der Waals surface area contributed by atoms with Gasteiger partial charge < -0.3 is 16.4 Å². The molecule has 0 saturated carbocycles. The van der Waals surface area contributed by atoms with E-state index >= 15 is 0 Å². The molecule has 17 heavy (non-hydrogen) atoms. The van der Waals surface area contributed by atoms with Gasteiger partial charge in [-0.15, -0.1) is 0 Å². The van der Waals surface area contributed by atoms with Gasteiger partial charge in [-0.25, -0.2) is 4.98 Å². The number of nitrogens with two attached hydrogens (primary N) is 2. The van der Waals surface area contributed by atoms with Gasteiger partial charge in [0.2, 0.25) is 0 Å². The van der Waals surface area contributed by atoms with Crippen LogP contribution in [0, 0.1) is 0 Å². The zero-order chi connectivity index (χ0) is 12.6. The number of aromatic nitrogens is 1. The molecule has 5 heteroatoms. The first kappa shape index (κ1) is 11.7. The molecular formula is C12H18N4O. The van der Waals surface area contributed by atoms with Gasteiger partial charge in [-0.3, -0.25) is 4.79 Å². The molecule has 0 spiro atoms. The van der Waals surface area contributed by atoms with E-state index in [9.17, 15) is 4.79 Å². The highest BCUT2D eigenvalue weighted by atomic mass is 16.1. The molecular weight excluding hydrogens is 216 g/mol. The number of nitrogen functional groups attached to an aromatic ring is 1. The van der Waals surface area contributed by atoms with E-state index in [1.165, 1.54) is 0 Å². The third-order valence-corrected chi connectivity index (χ3v) is 3.31. The Hall–Kier alpha value is -1.78. The summed E-state index contributed by atoms with van der Waals surface area (Å²) in [4.78, 5) is 17.9. The van der Waals surface area contributed by atoms with E-state index in [2.05, 4.69) is 23.7 Å². The summed E-state index contributed by atoms with van der Waals surface area (Å²) < 4.78 is 0. The maximum Gasteiger partial charge on any atom is 0.252 e. The van der Waals surface area contributed by atoms with E-state index in [1.54, 1.807) is 12.3 Å². The van der Waals surface area contributed by atoms with Gasteiger partial charge in [-0.2, -0.15) is 0 Å². The van der Waals surface area contributed by atoms with Crippen molar-refractivity contribution in [2.75, 3.05) is 17.2 Å². The minimum Gasteiger partial charge on any atom is -0.397 e. The lowest BCUT2D eigenvalue weighted by molar-refractivity contribution is 0.100. The number of pyridine rings is 1. The lowest BCUT2D eigenvalue weighted by Gasteiger charge is -2.33. The first-order chi connectivity index (χ1) is 7.92. The van der Waals surface area contributed by atoms with Gasteiger partial charge in [0.25, 0.3) is 5.91 Å². The Morgan fingerprint density at radius 3 is 2.76 bits per heavy atom. The summed E-state index contributed by atoms with van der Waals surface area (Å²) in [5.74, 6) is 0.164. The predicted molar refractivity (Wildman–Crippen MR) is 67.8 cm³/mol. The third-order valence-electron chi connectivity index (χ3n) is 3.31. The average Bonchev–Trinajstić information content (AvgIpc) is 2.58. The van der Waals surface area contributed by atoms with Crippen LogP contribution in [0.4, 0.5) is 11.5 Å². The largest absolute Gasteiger partial charge is 0.397 e. The zero-order valence-corrected chi connectivity index (χ0v) is 10.2. The second kappa shape index (κ2) is 3.91. The summed E-state index contributed by atoms with van der Waals surface area (Å²) >= 11 is 0. The monoisotopic (exact) mass is 234 g/mol. The Labute approximate surface area is 101 Å². The van der Waals surface area contributed by atoms with Crippen LogP contribution in [0.5, 0.6) is 0 Å². The molecule has 92 valence electrons. The lowest BCUT2D eigenvalue weighted by Crippen LogP contribution is -2.40. The van der Waals surface area contributed by atoms with E-state index in [1.807, 2.05) is 0 Å². The summed E-state index contributed by atoms with van der Waals surface area (Å²) in [6, 6.07) is 1.60. The van der Waals surface area contributed by atoms with Gasteiger partial charge in [0.05, 0.1) is 17.4 Å². The van der Waals surface area contributed by atoms with Gasteiger partial charge in [0.15, 0.2) is 0 Å². The minimum atomic E-state index is -0.484. The SMILES string of the molecule is CC1(C)CCCN1c1ncc(N)cc1C(N)=O. The highest BCUT2D eigenvalue weighted by Crippen LogP contribution is 2.34. The number of primary amides is 1. The van der Waals surface area contributed by atoms with Crippen LogP contribution >= 0.6 is 0 Å². The summed E-state index contributed by atoms with van der Waals surface area (Å²) in [7, 11) is 0. The Bertz CT molecular complexity index is 456. The van der Waals surface area contributed by atoms with Crippen molar-refractivity contribution in [1.82, 2.24) is 4.98 Å². The number of hydrogen-bond acceptors (Lipinski definition) is 4. The molecule has 0 atom stereocenters. The second-order valence-corrected chi connectivity index (χ2v) is 5.07. The zero-order valence-electron chi connectivity index (χ0n) is 10.2. The number of rotatable bonds is 2. The predicted octanol–water partition coefficient (Wildman–Crippen LogP) is 1.14. The summed E-state index contributed by atoms with van der Waals surface area (Å²) in [5, 5.41) is 0. The Morgan fingerprint density at radius 2 is 2.24 bits per heavy atom. The fourth-order valence-electron chi connectivity index (χ4n) is 2.37. The van der Waals surface area contributed by atoms with Crippen molar-refractivity contribution in [2.24, 2.45) is 5.73 Å². The van der Waals surface area contributed by atoms with Crippen molar-refractivity contribution in [1.29, 1.82) is 0 Å². The van der Waals surface area contributed by atoms with Gasteiger partial charge in [0.1, 0.15) is 5.82 Å². The highest BCUT2D eigenvalue weighted by Gasteiger charge is 2.34. The van der Waals surface area contributed by atoms with Gasteiger partial charge >= 0.3 is 0 Å². The van der Waals surface area contributed by atoms with Crippen molar-refractivity contribution in [2.45, 2.75) is 32.2 Å². The van der Waals surface area contributed by atoms with Gasteiger partial charge in [-0.05, 0) is 32.8 Å². The van der Waals surface area contributed by atoms with E-state index < -0.39 is 5.91 Å². The fourth-order valence-corrected chi connectivity index (χ4v) is 2.37. The number of nitrogens with zero attached hydrogens (tertiary/aromatic N) is 2. The van der Waals surface area contributed by atoms with Crippen LogP contribution in [-0.4, -0.2) is 23.0 Å². The van der Waals surface area contributed by atoms with Crippen molar-refractivity contribution in [3.63, 3.8) is 0 Å². The summed E-state index contributed by atoms with van der Waals surface area (Å²) in [6.07, 6.45) is 3.74. The van der Waals surface area contributed by atoms with Crippen LogP contribution in [0.1, 0.15) is 37.0 Å². The smallest absolute Gasteiger partial charge is 0.252 e. The van der Waals surface area contributed by atoms with Crippen molar-refractivity contribution in [3.8, 4) is 0 Å². The topological polar surface area (TPSA) is 85.2 Å². The molecule has 2 rings (SSSR count). The lowest BCUT2D eigenvalue weighted by atomic mass is 10.0. The molecule has 0 unspecified atom stereocenters. The minimum absolute atomic E-state index is 0.00726. The number of hydrogen-bond donors (Lipinski definition) is 2. The van der Waals surface area contributed by atoms with Crippen molar-refractivity contribution >= 4 is 17.4 Å². The second-order valence-electron chi connectivity index (χ2n) is 5.07.